The number of rotatable bonds is 4. The van der Waals surface area contributed by atoms with Crippen molar-refractivity contribution in [2.24, 2.45) is 0 Å². The average Bonchev–Trinajstić information content (AvgIpc) is 2.60. The van der Waals surface area contributed by atoms with E-state index in [9.17, 15) is 9.90 Å². The minimum atomic E-state index is -0.181. The molecule has 4 nitrogen and oxygen atoms in total. The summed E-state index contributed by atoms with van der Waals surface area (Å²) in [6, 6.07) is 13.3. The lowest BCUT2D eigenvalue weighted by Crippen LogP contribution is -2.16. The molecular weight excluding hydrogens is 292 g/mol. The Morgan fingerprint density at radius 3 is 2.65 bits per heavy atom. The van der Waals surface area contributed by atoms with Crippen LogP contribution in [0.4, 0.5) is 0 Å². The Bertz CT molecular complexity index is 747. The Hall–Kier alpha value is -2.75. The van der Waals surface area contributed by atoms with Crippen LogP contribution in [0, 0.1) is 0 Å². The lowest BCUT2D eigenvalue weighted by molar-refractivity contribution is 0.101. The molecule has 0 saturated heterocycles. The van der Waals surface area contributed by atoms with Gasteiger partial charge in [-0.05, 0) is 30.0 Å². The first-order valence-corrected chi connectivity index (χ1v) is 7.48. The maximum atomic E-state index is 12.5. The molecule has 2 aromatic rings. The van der Waals surface area contributed by atoms with Crippen molar-refractivity contribution in [3.8, 4) is 11.5 Å². The molecule has 0 aromatic heterocycles. The first kappa shape index (κ1) is 15.2. The number of hydrogen-bond acceptors (Lipinski definition) is 4. The van der Waals surface area contributed by atoms with Crippen molar-refractivity contribution in [3.63, 3.8) is 0 Å². The highest BCUT2D eigenvalue weighted by atomic mass is 16.5. The zero-order valence-corrected chi connectivity index (χ0v) is 12.9. The number of fused-ring (bicyclic) bond motifs is 1. The molecule has 2 aromatic carbocycles. The Morgan fingerprint density at radius 2 is 1.96 bits per heavy atom. The van der Waals surface area contributed by atoms with E-state index in [0.29, 0.717) is 42.1 Å². The van der Waals surface area contributed by atoms with Crippen molar-refractivity contribution >= 4 is 5.78 Å². The van der Waals surface area contributed by atoms with Crippen molar-refractivity contribution in [1.82, 2.24) is 0 Å². The number of aliphatic hydroxyl groups is 1. The maximum absolute atomic E-state index is 12.5. The highest BCUT2D eigenvalue weighted by Crippen LogP contribution is 2.36. The first-order chi connectivity index (χ1) is 11.2. The summed E-state index contributed by atoms with van der Waals surface area (Å²) in [6.07, 6.45) is 2.09. The van der Waals surface area contributed by atoms with Gasteiger partial charge in [0.25, 0.3) is 0 Å². The molecule has 0 heterocycles. The molecule has 1 N–H and O–H groups in total. The third-order valence-corrected chi connectivity index (χ3v) is 3.97. The molecule has 4 heteroatoms. The zero-order valence-electron chi connectivity index (χ0n) is 12.9. The number of carbonyl (C=O) groups excluding carboxylic acids is 1. The predicted molar refractivity (Wildman–Crippen MR) is 87.1 cm³/mol. The van der Waals surface area contributed by atoms with Gasteiger partial charge in [-0.1, -0.05) is 30.3 Å². The normalized spacial score (nSPS) is 15.3. The summed E-state index contributed by atoms with van der Waals surface area (Å²) in [5.41, 5.74) is 2.84. The Labute approximate surface area is 135 Å². The van der Waals surface area contributed by atoms with E-state index < -0.39 is 0 Å². The minimum Gasteiger partial charge on any atom is -0.515 e. The van der Waals surface area contributed by atoms with Crippen LogP contribution in [0.1, 0.15) is 27.9 Å². The summed E-state index contributed by atoms with van der Waals surface area (Å²) in [5, 5.41) is 9.24. The molecule has 0 fully saturated rings. The number of aryl methyl sites for hydroxylation is 1. The smallest absolute Gasteiger partial charge is 0.196 e. The van der Waals surface area contributed by atoms with E-state index >= 15 is 0 Å². The Morgan fingerprint density at radius 1 is 1.17 bits per heavy atom. The molecule has 0 spiro atoms. The molecule has 0 unspecified atom stereocenters. The SMILES string of the molecule is COc1cc2c(c(OCc3ccccc3)c1)C(=O)/C(=C\O)CC2. The fourth-order valence-electron chi connectivity index (χ4n) is 2.73. The van der Waals surface area contributed by atoms with Gasteiger partial charge in [-0.25, -0.2) is 0 Å². The molecule has 3 rings (SSSR count). The van der Waals surface area contributed by atoms with Gasteiger partial charge in [0, 0.05) is 11.6 Å². The lowest BCUT2D eigenvalue weighted by Gasteiger charge is -2.21. The van der Waals surface area contributed by atoms with E-state index in [0.717, 1.165) is 17.4 Å². The summed E-state index contributed by atoms with van der Waals surface area (Å²) >= 11 is 0. The molecule has 0 radical (unpaired) electrons. The number of allylic oxidation sites excluding steroid dienone is 1. The highest BCUT2D eigenvalue weighted by Gasteiger charge is 2.27. The van der Waals surface area contributed by atoms with Crippen LogP contribution in [-0.2, 0) is 13.0 Å². The lowest BCUT2D eigenvalue weighted by atomic mass is 9.86. The van der Waals surface area contributed by atoms with Crippen molar-refractivity contribution in [3.05, 3.63) is 71.0 Å². The van der Waals surface area contributed by atoms with E-state index in [-0.39, 0.29) is 5.78 Å². The van der Waals surface area contributed by atoms with Crippen LogP contribution in [0.3, 0.4) is 0 Å². The fraction of sp³-hybridized carbons (Fsp3) is 0.211. The maximum Gasteiger partial charge on any atom is 0.196 e. The van der Waals surface area contributed by atoms with E-state index in [4.69, 9.17) is 9.47 Å². The number of carbonyl (C=O) groups is 1. The van der Waals surface area contributed by atoms with E-state index in [2.05, 4.69) is 0 Å². The van der Waals surface area contributed by atoms with Crippen LogP contribution in [0.2, 0.25) is 0 Å². The highest BCUT2D eigenvalue weighted by molar-refractivity contribution is 6.12. The summed E-state index contributed by atoms with van der Waals surface area (Å²) in [4.78, 5) is 12.5. The van der Waals surface area contributed by atoms with Crippen LogP contribution >= 0.6 is 0 Å². The molecule has 0 saturated carbocycles. The summed E-state index contributed by atoms with van der Waals surface area (Å²) < 4.78 is 11.2. The minimum absolute atomic E-state index is 0.181. The van der Waals surface area contributed by atoms with Gasteiger partial charge in [-0.15, -0.1) is 0 Å². The van der Waals surface area contributed by atoms with Gasteiger partial charge < -0.3 is 14.6 Å². The second-order valence-electron chi connectivity index (χ2n) is 5.42. The number of ketones is 1. The van der Waals surface area contributed by atoms with Crippen molar-refractivity contribution in [2.45, 2.75) is 19.4 Å². The number of benzene rings is 2. The Kier molecular flexibility index (Phi) is 4.33. The van der Waals surface area contributed by atoms with Crippen LogP contribution < -0.4 is 9.47 Å². The molecule has 0 amide bonds. The standard InChI is InChI=1S/C19H18O4/c1-22-16-9-14-7-8-15(11-20)19(21)18(14)17(10-16)23-12-13-5-3-2-4-6-13/h2-6,9-11,20H,7-8,12H2,1H3/b15-11-. The largest absolute Gasteiger partial charge is 0.515 e. The average molecular weight is 310 g/mol. The van der Waals surface area contributed by atoms with E-state index in [1.807, 2.05) is 36.4 Å². The number of hydrogen-bond donors (Lipinski definition) is 1. The summed E-state index contributed by atoms with van der Waals surface area (Å²) in [7, 11) is 1.59. The van der Waals surface area contributed by atoms with Gasteiger partial charge in [0.15, 0.2) is 5.78 Å². The number of Topliss-reactive ketones (excluding diaryl/α,β-unsaturated/α-hetero) is 1. The molecule has 0 aliphatic heterocycles. The van der Waals surface area contributed by atoms with Crippen LogP contribution in [0.15, 0.2) is 54.3 Å². The Balaban J connectivity index is 1.96. The summed E-state index contributed by atoms with van der Waals surface area (Å²) in [5.74, 6) is 0.975. The third-order valence-electron chi connectivity index (χ3n) is 3.97. The number of ether oxygens (including phenoxy) is 2. The van der Waals surface area contributed by atoms with Crippen LogP contribution in [0.25, 0.3) is 0 Å². The molecule has 23 heavy (non-hydrogen) atoms. The summed E-state index contributed by atoms with van der Waals surface area (Å²) in [6.45, 7) is 0.367. The van der Waals surface area contributed by atoms with Gasteiger partial charge >= 0.3 is 0 Å². The second kappa shape index (κ2) is 6.57. The third kappa shape index (κ3) is 3.06. The van der Waals surface area contributed by atoms with Crippen molar-refractivity contribution in [1.29, 1.82) is 0 Å². The van der Waals surface area contributed by atoms with Gasteiger partial charge in [0.1, 0.15) is 18.1 Å². The van der Waals surface area contributed by atoms with Gasteiger partial charge in [0.2, 0.25) is 0 Å². The quantitative estimate of drug-likeness (QED) is 0.688. The number of methoxy groups -OCH3 is 1. The first-order valence-electron chi connectivity index (χ1n) is 7.48. The molecule has 1 aliphatic carbocycles. The number of aliphatic hydroxyl groups excluding tert-OH is 1. The van der Waals surface area contributed by atoms with E-state index in [1.165, 1.54) is 0 Å². The van der Waals surface area contributed by atoms with Gasteiger partial charge in [0.05, 0.1) is 18.9 Å². The van der Waals surface area contributed by atoms with Crippen molar-refractivity contribution in [2.75, 3.05) is 7.11 Å². The molecule has 0 bridgehead atoms. The van der Waals surface area contributed by atoms with E-state index in [1.54, 1.807) is 13.2 Å². The van der Waals surface area contributed by atoms with Gasteiger partial charge in [-0.2, -0.15) is 0 Å². The molecular formula is C19H18O4. The molecule has 1 aliphatic rings. The monoisotopic (exact) mass is 310 g/mol. The second-order valence-corrected chi connectivity index (χ2v) is 5.42. The molecule has 118 valence electrons. The van der Waals surface area contributed by atoms with Crippen molar-refractivity contribution < 1.29 is 19.4 Å². The fourth-order valence-corrected chi connectivity index (χ4v) is 2.73. The van der Waals surface area contributed by atoms with Gasteiger partial charge in [-0.3, -0.25) is 4.79 Å². The van der Waals surface area contributed by atoms with Crippen LogP contribution in [0.5, 0.6) is 11.5 Å². The van der Waals surface area contributed by atoms with Crippen LogP contribution in [-0.4, -0.2) is 18.0 Å². The predicted octanol–water partition coefficient (Wildman–Crippen LogP) is 3.85. The zero-order chi connectivity index (χ0) is 16.2. The topological polar surface area (TPSA) is 55.8 Å². The molecule has 0 atom stereocenters.